The second-order valence-corrected chi connectivity index (χ2v) is 4.72. The van der Waals surface area contributed by atoms with Gasteiger partial charge in [0, 0.05) is 7.05 Å². The summed E-state index contributed by atoms with van der Waals surface area (Å²) in [6.45, 7) is 1.94. The molecule has 1 amide bonds. The number of hydrogen-bond acceptors (Lipinski definition) is 4. The molecule has 1 aromatic carbocycles. The zero-order chi connectivity index (χ0) is 15.4. The number of rotatable bonds is 5. The molecule has 0 spiro atoms. The van der Waals surface area contributed by atoms with Gasteiger partial charge in [0.25, 0.3) is 5.91 Å². The Morgan fingerprint density at radius 1 is 1.33 bits per heavy atom. The Morgan fingerprint density at radius 2 is 2.00 bits per heavy atom. The van der Waals surface area contributed by atoms with Crippen LogP contribution in [0.5, 0.6) is 0 Å². The van der Waals surface area contributed by atoms with Gasteiger partial charge in [-0.2, -0.15) is 0 Å². The summed E-state index contributed by atoms with van der Waals surface area (Å²) in [5, 5.41) is 16.6. The van der Waals surface area contributed by atoms with Gasteiger partial charge in [-0.25, -0.2) is 9.48 Å². The Labute approximate surface area is 121 Å². The Bertz CT molecular complexity index is 639. The lowest BCUT2D eigenvalue weighted by atomic mass is 10.2. The minimum Gasteiger partial charge on any atom is -0.480 e. The lowest BCUT2D eigenvalue weighted by Crippen LogP contribution is -2.40. The Hall–Kier alpha value is -2.70. The Kier molecular flexibility index (Phi) is 4.32. The fourth-order valence-electron chi connectivity index (χ4n) is 1.77. The van der Waals surface area contributed by atoms with Crippen molar-refractivity contribution in [1.82, 2.24) is 19.9 Å². The molecule has 7 nitrogen and oxygen atoms in total. The normalized spacial score (nSPS) is 11.9. The number of benzene rings is 1. The Morgan fingerprint density at radius 3 is 2.62 bits per heavy atom. The summed E-state index contributed by atoms with van der Waals surface area (Å²) < 4.78 is 1.54. The molecule has 110 valence electrons. The van der Waals surface area contributed by atoms with Crippen LogP contribution in [-0.4, -0.2) is 50.0 Å². The molecule has 1 heterocycles. The van der Waals surface area contributed by atoms with E-state index in [9.17, 15) is 9.59 Å². The van der Waals surface area contributed by atoms with Crippen molar-refractivity contribution in [3.63, 3.8) is 0 Å². The van der Waals surface area contributed by atoms with Crippen LogP contribution in [-0.2, 0) is 11.3 Å². The smallest absolute Gasteiger partial charge is 0.326 e. The summed E-state index contributed by atoms with van der Waals surface area (Å²) >= 11 is 0. The van der Waals surface area contributed by atoms with Gasteiger partial charge in [-0.05, 0) is 12.5 Å². The van der Waals surface area contributed by atoms with Crippen LogP contribution in [0.2, 0.25) is 0 Å². The van der Waals surface area contributed by atoms with Crippen LogP contribution in [0.4, 0.5) is 0 Å². The molecule has 0 saturated carbocycles. The first kappa shape index (κ1) is 14.7. The zero-order valence-electron chi connectivity index (χ0n) is 11.8. The predicted molar refractivity (Wildman–Crippen MR) is 74.8 cm³/mol. The van der Waals surface area contributed by atoms with Gasteiger partial charge < -0.3 is 10.0 Å². The van der Waals surface area contributed by atoms with E-state index in [1.165, 1.54) is 20.2 Å². The van der Waals surface area contributed by atoms with Crippen molar-refractivity contribution in [3.8, 4) is 0 Å². The lowest BCUT2D eigenvalue weighted by molar-refractivity contribution is -0.141. The van der Waals surface area contributed by atoms with Crippen LogP contribution in [0.15, 0.2) is 36.5 Å². The Balaban J connectivity index is 2.09. The molecule has 0 aliphatic carbocycles. The molecule has 0 aliphatic rings. The maximum atomic E-state index is 12.1. The molecular formula is C14H16N4O3. The van der Waals surface area contributed by atoms with Crippen molar-refractivity contribution >= 4 is 11.9 Å². The highest BCUT2D eigenvalue weighted by molar-refractivity contribution is 5.94. The summed E-state index contributed by atoms with van der Waals surface area (Å²) in [6.07, 6.45) is 1.51. The summed E-state index contributed by atoms with van der Waals surface area (Å²) in [5.74, 6) is -1.54. The van der Waals surface area contributed by atoms with Crippen LogP contribution in [0, 0.1) is 0 Å². The highest BCUT2D eigenvalue weighted by Gasteiger charge is 2.24. The largest absolute Gasteiger partial charge is 0.480 e. The van der Waals surface area contributed by atoms with Crippen LogP contribution < -0.4 is 0 Å². The maximum absolute atomic E-state index is 12.1. The maximum Gasteiger partial charge on any atom is 0.326 e. The molecule has 0 fully saturated rings. The van der Waals surface area contributed by atoms with Crippen LogP contribution >= 0.6 is 0 Å². The van der Waals surface area contributed by atoms with Crippen LogP contribution in [0.3, 0.4) is 0 Å². The van der Waals surface area contributed by atoms with E-state index in [0.717, 1.165) is 10.5 Å². The molecular weight excluding hydrogens is 272 g/mol. The first-order valence-electron chi connectivity index (χ1n) is 6.43. The van der Waals surface area contributed by atoms with Crippen LogP contribution in [0.25, 0.3) is 0 Å². The highest BCUT2D eigenvalue weighted by atomic mass is 16.4. The molecule has 21 heavy (non-hydrogen) atoms. The second-order valence-electron chi connectivity index (χ2n) is 4.72. The fraction of sp³-hybridized carbons (Fsp3) is 0.286. The van der Waals surface area contributed by atoms with E-state index < -0.39 is 17.9 Å². The minimum atomic E-state index is -1.07. The van der Waals surface area contributed by atoms with E-state index in [2.05, 4.69) is 10.3 Å². The van der Waals surface area contributed by atoms with Crippen LogP contribution in [0.1, 0.15) is 23.0 Å². The molecule has 0 aliphatic heterocycles. The topological polar surface area (TPSA) is 88.3 Å². The predicted octanol–water partition coefficient (Wildman–Crippen LogP) is 0.871. The summed E-state index contributed by atoms with van der Waals surface area (Å²) in [6, 6.07) is 8.73. The number of hydrogen-bond donors (Lipinski definition) is 1. The quantitative estimate of drug-likeness (QED) is 0.882. The third-order valence-corrected chi connectivity index (χ3v) is 3.20. The van der Waals surface area contributed by atoms with Gasteiger partial charge in [-0.3, -0.25) is 4.79 Å². The SMILES string of the molecule is CC(C(=O)O)N(C)C(=O)c1cn(Cc2ccccc2)nn1. The molecule has 7 heteroatoms. The standard InChI is InChI=1S/C14H16N4O3/c1-10(14(20)21)17(2)13(19)12-9-18(16-15-12)8-11-6-4-3-5-7-11/h3-7,9-10H,8H2,1-2H3,(H,20,21). The number of amides is 1. The highest BCUT2D eigenvalue weighted by Crippen LogP contribution is 2.06. The number of likely N-dealkylation sites (N-methyl/N-ethyl adjacent to an activating group) is 1. The van der Waals surface area contributed by atoms with Crippen molar-refractivity contribution in [3.05, 3.63) is 47.8 Å². The van der Waals surface area contributed by atoms with E-state index in [1.54, 1.807) is 4.68 Å². The fourth-order valence-corrected chi connectivity index (χ4v) is 1.77. The van der Waals surface area contributed by atoms with E-state index in [1.807, 2.05) is 30.3 Å². The number of carbonyl (C=O) groups excluding carboxylic acids is 1. The first-order valence-corrected chi connectivity index (χ1v) is 6.43. The molecule has 1 atom stereocenters. The van der Waals surface area contributed by atoms with Gasteiger partial charge in [0.2, 0.25) is 0 Å². The number of aromatic nitrogens is 3. The average molecular weight is 288 g/mol. The summed E-state index contributed by atoms with van der Waals surface area (Å²) in [7, 11) is 1.43. The van der Waals surface area contributed by atoms with E-state index in [0.29, 0.717) is 6.54 Å². The number of nitrogens with zero attached hydrogens (tertiary/aromatic N) is 4. The summed E-state index contributed by atoms with van der Waals surface area (Å²) in [5.41, 5.74) is 1.16. The monoisotopic (exact) mass is 288 g/mol. The second kappa shape index (κ2) is 6.17. The third kappa shape index (κ3) is 3.44. The molecule has 0 bridgehead atoms. The van der Waals surface area contributed by atoms with Crippen molar-refractivity contribution in [2.75, 3.05) is 7.05 Å². The third-order valence-electron chi connectivity index (χ3n) is 3.20. The molecule has 0 radical (unpaired) electrons. The molecule has 1 aromatic heterocycles. The molecule has 2 aromatic rings. The lowest BCUT2D eigenvalue weighted by Gasteiger charge is -2.19. The minimum absolute atomic E-state index is 0.126. The summed E-state index contributed by atoms with van der Waals surface area (Å²) in [4.78, 5) is 24.1. The van der Waals surface area contributed by atoms with E-state index >= 15 is 0 Å². The van der Waals surface area contributed by atoms with Crippen molar-refractivity contribution in [1.29, 1.82) is 0 Å². The molecule has 1 unspecified atom stereocenters. The van der Waals surface area contributed by atoms with E-state index in [4.69, 9.17) is 5.11 Å². The molecule has 2 rings (SSSR count). The molecule has 1 N–H and O–H groups in total. The number of aliphatic carboxylic acids is 1. The van der Waals surface area contributed by atoms with Gasteiger partial charge in [0.1, 0.15) is 6.04 Å². The zero-order valence-corrected chi connectivity index (χ0v) is 11.8. The average Bonchev–Trinajstić information content (AvgIpc) is 2.94. The van der Waals surface area contributed by atoms with Gasteiger partial charge in [-0.1, -0.05) is 35.5 Å². The van der Waals surface area contributed by atoms with Gasteiger partial charge >= 0.3 is 5.97 Å². The van der Waals surface area contributed by atoms with Gasteiger partial charge in [0.15, 0.2) is 5.69 Å². The number of carboxylic acids is 1. The first-order chi connectivity index (χ1) is 9.99. The van der Waals surface area contributed by atoms with E-state index in [-0.39, 0.29) is 5.69 Å². The van der Waals surface area contributed by atoms with Gasteiger partial charge in [0.05, 0.1) is 12.7 Å². The van der Waals surface area contributed by atoms with Crippen molar-refractivity contribution in [2.24, 2.45) is 0 Å². The molecule has 0 saturated heterocycles. The van der Waals surface area contributed by atoms with Crippen molar-refractivity contribution in [2.45, 2.75) is 19.5 Å². The number of carboxylic acid groups (broad SMARTS) is 1. The van der Waals surface area contributed by atoms with Crippen molar-refractivity contribution < 1.29 is 14.7 Å². The van der Waals surface area contributed by atoms with Gasteiger partial charge in [-0.15, -0.1) is 5.10 Å². The number of carbonyl (C=O) groups is 2.